The van der Waals surface area contributed by atoms with Crippen LogP contribution in [0.4, 0.5) is 10.5 Å². The van der Waals surface area contributed by atoms with Gasteiger partial charge in [-0.25, -0.2) is 9.00 Å². The molecule has 4 aliphatic heterocycles. The van der Waals surface area contributed by atoms with Crippen molar-refractivity contribution >= 4 is 39.1 Å². The molecule has 2 spiro atoms. The van der Waals surface area contributed by atoms with E-state index in [2.05, 4.69) is 52.1 Å². The van der Waals surface area contributed by atoms with Gasteiger partial charge in [0.25, 0.3) is 5.91 Å². The highest BCUT2D eigenvalue weighted by molar-refractivity contribution is 7.92. The van der Waals surface area contributed by atoms with Gasteiger partial charge in [-0.05, 0) is 84.9 Å². The van der Waals surface area contributed by atoms with Crippen LogP contribution in [0.25, 0.3) is 0 Å². The molecule has 284 valence electrons. The van der Waals surface area contributed by atoms with E-state index < -0.39 is 21.9 Å². The number of allylic oxidation sites excluding steroid dienone is 1. The third-order valence-electron chi connectivity index (χ3n) is 11.5. The molecule has 52 heavy (non-hydrogen) atoms. The second kappa shape index (κ2) is 15.7. The summed E-state index contributed by atoms with van der Waals surface area (Å²) >= 11 is 6.45. The maximum Gasteiger partial charge on any atom is 0.330 e. The fraction of sp³-hybridized carbons (Fsp3) is 0.600. The number of aryl methyl sites for hydroxylation is 1. The molecule has 2 fully saturated rings. The Bertz CT molecular complexity index is 1800. The monoisotopic (exact) mass is 754 g/mol. The van der Waals surface area contributed by atoms with E-state index in [1.54, 1.807) is 18.1 Å². The molecule has 2 saturated heterocycles. The van der Waals surface area contributed by atoms with Crippen molar-refractivity contribution in [2.45, 2.75) is 83.8 Å². The maximum atomic E-state index is 14.5. The number of likely N-dealkylation sites (tertiary alicyclic amines) is 1. The Morgan fingerprint density at radius 3 is 2.58 bits per heavy atom. The second-order valence-corrected chi connectivity index (χ2v) is 17.8. The van der Waals surface area contributed by atoms with Gasteiger partial charge in [0.1, 0.15) is 21.3 Å². The number of carbonyl (C=O) groups excluding carboxylic acids is 2. The number of hydrogen-bond acceptors (Lipinski definition) is 7. The summed E-state index contributed by atoms with van der Waals surface area (Å²) in [5, 5.41) is 0.736. The molecule has 0 aromatic heterocycles. The highest BCUT2D eigenvalue weighted by atomic mass is 35.5. The van der Waals surface area contributed by atoms with Crippen LogP contribution in [0.2, 0.25) is 5.02 Å². The summed E-state index contributed by atoms with van der Waals surface area (Å²) in [6.07, 6.45) is 8.47. The van der Waals surface area contributed by atoms with Crippen molar-refractivity contribution in [2.75, 3.05) is 57.2 Å². The van der Waals surface area contributed by atoms with Crippen molar-refractivity contribution in [1.29, 1.82) is 0 Å². The minimum Gasteiger partial charge on any atom is -0.490 e. The number of fused-ring (bicyclic) bond motifs is 3. The molecule has 1 unspecified atom stereocenters. The number of halogens is 1. The van der Waals surface area contributed by atoms with Crippen LogP contribution in [0, 0.1) is 17.8 Å². The molecule has 2 bridgehead atoms. The van der Waals surface area contributed by atoms with Crippen molar-refractivity contribution in [1.82, 2.24) is 9.62 Å². The fourth-order valence-electron chi connectivity index (χ4n) is 8.37. The average Bonchev–Trinajstić information content (AvgIpc) is 3.22. The molecule has 2 aromatic rings. The topological polar surface area (TPSA) is 110 Å². The molecule has 0 radical (unpaired) electrons. The van der Waals surface area contributed by atoms with Gasteiger partial charge in [-0.2, -0.15) is 0 Å². The molecule has 3 amide bonds. The van der Waals surface area contributed by atoms with Gasteiger partial charge >= 0.3 is 6.03 Å². The number of ether oxygens (including phenoxy) is 3. The minimum absolute atomic E-state index is 0.0278. The minimum atomic E-state index is -3.48. The quantitative estimate of drug-likeness (QED) is 0.318. The van der Waals surface area contributed by atoms with Crippen LogP contribution in [0.3, 0.4) is 0 Å². The summed E-state index contributed by atoms with van der Waals surface area (Å²) in [5.74, 6) is 0.342. The first-order chi connectivity index (χ1) is 24.9. The first-order valence-electron chi connectivity index (χ1n) is 18.9. The van der Waals surface area contributed by atoms with Gasteiger partial charge in [-0.15, -0.1) is 4.36 Å². The van der Waals surface area contributed by atoms with Crippen LogP contribution in [0.15, 0.2) is 52.9 Å². The summed E-state index contributed by atoms with van der Waals surface area (Å²) in [6.45, 7) is 13.9. The van der Waals surface area contributed by atoms with E-state index in [-0.39, 0.29) is 40.6 Å². The van der Waals surface area contributed by atoms with Gasteiger partial charge in [0, 0.05) is 42.6 Å². The van der Waals surface area contributed by atoms with E-state index in [0.29, 0.717) is 57.1 Å². The highest BCUT2D eigenvalue weighted by Gasteiger charge is 2.51. The molecular formula is C40H55ClN4O6S. The number of methoxy groups -OCH3 is 1. The lowest BCUT2D eigenvalue weighted by Crippen LogP contribution is -2.70. The number of urea groups is 1. The fourth-order valence-corrected chi connectivity index (χ4v) is 10.5. The highest BCUT2D eigenvalue weighted by Crippen LogP contribution is 2.45. The SMILES string of the molecule is CC.CO[C@H]1/C=C/C[C@H](C)CS(=O)(NC(=O)N2CC3(CCO3)C2)=NC(=O)c2ccc3c(c2)N(C[C@H](C)[C@H]1C)C[C@@]1(CCCc2cc(Cl)ccc21)CO3. The third-order valence-corrected chi connectivity index (χ3v) is 13.8. The van der Waals surface area contributed by atoms with Gasteiger partial charge in [0.05, 0.1) is 43.8 Å². The number of nitrogens with one attached hydrogen (secondary N) is 1. The zero-order valence-electron chi connectivity index (χ0n) is 31.5. The Morgan fingerprint density at radius 2 is 1.87 bits per heavy atom. The summed E-state index contributed by atoms with van der Waals surface area (Å²) < 4.78 is 39.7. The van der Waals surface area contributed by atoms with E-state index in [4.69, 9.17) is 25.8 Å². The Morgan fingerprint density at radius 1 is 1.10 bits per heavy atom. The van der Waals surface area contributed by atoms with Crippen LogP contribution in [0.1, 0.15) is 81.8 Å². The third kappa shape index (κ3) is 7.88. The molecule has 0 saturated carbocycles. The van der Waals surface area contributed by atoms with Crippen LogP contribution >= 0.6 is 11.6 Å². The zero-order chi connectivity index (χ0) is 37.3. The van der Waals surface area contributed by atoms with Crippen LogP contribution < -0.4 is 14.4 Å². The first kappa shape index (κ1) is 38.6. The maximum absolute atomic E-state index is 14.5. The van der Waals surface area contributed by atoms with E-state index in [9.17, 15) is 13.8 Å². The molecule has 10 nitrogen and oxygen atoms in total. The first-order valence-corrected chi connectivity index (χ1v) is 21.0. The number of anilines is 1. The lowest BCUT2D eigenvalue weighted by atomic mass is 9.70. The largest absolute Gasteiger partial charge is 0.490 e. The van der Waals surface area contributed by atoms with Crippen molar-refractivity contribution in [3.8, 4) is 5.75 Å². The van der Waals surface area contributed by atoms with Crippen LogP contribution in [0.5, 0.6) is 5.75 Å². The summed E-state index contributed by atoms with van der Waals surface area (Å²) in [4.78, 5) is 31.2. The molecule has 2 aromatic carbocycles. The lowest BCUT2D eigenvalue weighted by molar-refractivity contribution is -0.208. The lowest BCUT2D eigenvalue weighted by Gasteiger charge is -2.54. The van der Waals surface area contributed by atoms with Crippen molar-refractivity contribution in [2.24, 2.45) is 22.1 Å². The molecule has 5 aliphatic rings. The molecule has 12 heteroatoms. The number of rotatable bonds is 2. The standard InChI is InChI=1S/C38H49ClN4O6S.C2H6/c1-25-7-5-9-33(47-4)27(3)26(2)19-42-21-37(14-6-8-28-17-30(39)11-12-31(28)37)24-48-34-13-10-29(18-32(34)42)35(44)40-50(46,20-25)41-36(45)43-22-38(23-43)15-16-49-38;1-2/h5,9-13,17-18,25-27,33H,6-8,14-16,19-24H2,1-4H3,(H,40,41,44,45,46);1-2H3/b9-5+;/t25-,26-,27+,33-,37-,50?;/m0./s1. The molecule has 4 heterocycles. The average molecular weight is 755 g/mol. The van der Waals surface area contributed by atoms with Crippen molar-refractivity contribution in [3.05, 3.63) is 70.3 Å². The molecule has 7 rings (SSSR count). The van der Waals surface area contributed by atoms with Crippen LogP contribution in [-0.4, -0.2) is 85.0 Å². The van der Waals surface area contributed by atoms with E-state index in [0.717, 1.165) is 36.4 Å². The van der Waals surface area contributed by atoms with Gasteiger partial charge in [0.2, 0.25) is 0 Å². The van der Waals surface area contributed by atoms with Gasteiger partial charge in [0.15, 0.2) is 0 Å². The van der Waals surface area contributed by atoms with Gasteiger partial charge in [-0.3, -0.25) is 9.52 Å². The Balaban J connectivity index is 0.00000228. The molecular weight excluding hydrogens is 700 g/mol. The Labute approximate surface area is 314 Å². The van der Waals surface area contributed by atoms with Gasteiger partial charge in [-0.1, -0.05) is 64.4 Å². The van der Waals surface area contributed by atoms with Gasteiger partial charge < -0.3 is 24.0 Å². The number of hydrogen-bond donors (Lipinski definition) is 1. The Hall–Kier alpha value is -3.12. The van der Waals surface area contributed by atoms with E-state index >= 15 is 0 Å². The van der Waals surface area contributed by atoms with E-state index in [1.165, 1.54) is 11.1 Å². The summed E-state index contributed by atoms with van der Waals surface area (Å²) in [5.41, 5.74) is 3.07. The number of nitrogens with zero attached hydrogens (tertiary/aromatic N) is 3. The zero-order valence-corrected chi connectivity index (χ0v) is 33.1. The van der Waals surface area contributed by atoms with Crippen molar-refractivity contribution in [3.63, 3.8) is 0 Å². The second-order valence-electron chi connectivity index (χ2n) is 15.3. The van der Waals surface area contributed by atoms with E-state index in [1.807, 2.05) is 39.0 Å². The number of benzene rings is 2. The summed E-state index contributed by atoms with van der Waals surface area (Å²) in [7, 11) is -1.74. The Kier molecular flexibility index (Phi) is 11.7. The normalized spacial score (nSPS) is 31.7. The predicted octanol–water partition coefficient (Wildman–Crippen LogP) is 7.43. The number of amides is 3. The molecule has 1 N–H and O–H groups in total. The van der Waals surface area contributed by atoms with Crippen molar-refractivity contribution < 1.29 is 28.0 Å². The molecule has 1 aliphatic carbocycles. The van der Waals surface area contributed by atoms with Crippen LogP contribution in [-0.2, 0) is 31.2 Å². The smallest absolute Gasteiger partial charge is 0.330 e. The predicted molar refractivity (Wildman–Crippen MR) is 207 cm³/mol. The summed E-state index contributed by atoms with van der Waals surface area (Å²) in [6, 6.07) is 11.1. The number of carbonyl (C=O) groups is 2. The molecule has 6 atom stereocenters.